The minimum Gasteiger partial charge on any atom is -0.369 e. The van der Waals surface area contributed by atoms with Gasteiger partial charge in [-0.25, -0.2) is 0 Å². The van der Waals surface area contributed by atoms with Crippen molar-refractivity contribution in [3.8, 4) is 0 Å². The Balaban J connectivity index is 0. The first-order valence-electron chi connectivity index (χ1n) is 7.68. The zero-order valence-electron chi connectivity index (χ0n) is 13.7. The molecule has 0 heterocycles. The predicted octanol–water partition coefficient (Wildman–Crippen LogP) is 3.93. The number of anilines is 1. The Hall–Kier alpha value is -1.46. The Bertz CT molecular complexity index is 449. The van der Waals surface area contributed by atoms with Crippen molar-refractivity contribution in [3.05, 3.63) is 30.3 Å². The molecule has 0 saturated carbocycles. The van der Waals surface area contributed by atoms with Crippen molar-refractivity contribution in [2.24, 2.45) is 21.5 Å². The summed E-state index contributed by atoms with van der Waals surface area (Å²) >= 11 is 0. The molecule has 0 bridgehead atoms. The van der Waals surface area contributed by atoms with E-state index in [-0.39, 0.29) is 36.7 Å². The summed E-state index contributed by atoms with van der Waals surface area (Å²) < 4.78 is 0. The first kappa shape index (κ1) is 23.8. The highest BCUT2D eigenvalue weighted by atomic mass is 35.5. The average Bonchev–Trinajstić information content (AvgIpc) is 2.47. The van der Waals surface area contributed by atoms with Gasteiger partial charge in [0, 0.05) is 12.2 Å². The van der Waals surface area contributed by atoms with Crippen LogP contribution in [0.15, 0.2) is 40.3 Å². The summed E-state index contributed by atoms with van der Waals surface area (Å²) in [6, 6.07) is 9.60. The predicted molar refractivity (Wildman–Crippen MR) is 106 cm³/mol. The van der Waals surface area contributed by atoms with Crippen LogP contribution in [-0.2, 0) is 0 Å². The van der Waals surface area contributed by atoms with Crippen molar-refractivity contribution in [2.75, 3.05) is 11.9 Å². The van der Waals surface area contributed by atoms with Crippen LogP contribution in [0.25, 0.3) is 0 Å². The van der Waals surface area contributed by atoms with Crippen LogP contribution >= 0.6 is 24.8 Å². The van der Waals surface area contributed by atoms with Crippen molar-refractivity contribution < 1.29 is 0 Å². The number of aliphatic imine (C=N–C) groups is 2. The molecule has 1 aromatic carbocycles. The molecule has 0 fully saturated rings. The van der Waals surface area contributed by atoms with E-state index in [0.29, 0.717) is 6.54 Å². The Morgan fingerprint density at radius 3 is 2.22 bits per heavy atom. The highest BCUT2D eigenvalue weighted by Crippen LogP contribution is 2.05. The molecule has 0 radical (unpaired) electrons. The second-order valence-corrected chi connectivity index (χ2v) is 5.00. The van der Waals surface area contributed by atoms with E-state index >= 15 is 0 Å². The number of hydrogen-bond donors (Lipinski definition) is 3. The number of guanidine groups is 2. The lowest BCUT2D eigenvalue weighted by molar-refractivity contribution is 0.612. The molecule has 7 heteroatoms. The van der Waals surface area contributed by atoms with E-state index in [4.69, 9.17) is 11.5 Å². The molecule has 0 amide bonds. The summed E-state index contributed by atoms with van der Waals surface area (Å²) in [7, 11) is 0. The molecule has 0 saturated heterocycles. The van der Waals surface area contributed by atoms with E-state index < -0.39 is 0 Å². The first-order valence-corrected chi connectivity index (χ1v) is 7.68. The zero-order chi connectivity index (χ0) is 15.3. The minimum absolute atomic E-state index is 0. The summed E-state index contributed by atoms with van der Waals surface area (Å²) in [4.78, 5) is 8.24. The largest absolute Gasteiger partial charge is 0.369 e. The lowest BCUT2D eigenvalue weighted by atomic mass is 10.1. The second kappa shape index (κ2) is 15.4. The lowest BCUT2D eigenvalue weighted by Gasteiger charge is -2.04. The molecule has 1 rings (SSSR count). The lowest BCUT2D eigenvalue weighted by Crippen LogP contribution is -2.26. The van der Waals surface area contributed by atoms with Gasteiger partial charge in [-0.05, 0) is 18.6 Å². The van der Waals surface area contributed by atoms with E-state index in [1.165, 1.54) is 32.1 Å². The van der Waals surface area contributed by atoms with Crippen LogP contribution in [0.4, 0.5) is 5.69 Å². The fraction of sp³-hybridized carbons (Fsp3) is 0.500. The number of nitrogens with one attached hydrogen (secondary N) is 1. The van der Waals surface area contributed by atoms with Gasteiger partial charge >= 0.3 is 0 Å². The maximum absolute atomic E-state index is 5.77. The topological polar surface area (TPSA) is 88.8 Å². The van der Waals surface area contributed by atoms with Crippen LogP contribution < -0.4 is 16.8 Å². The number of nitrogens with two attached hydrogens (primary N) is 2. The van der Waals surface area contributed by atoms with Crippen LogP contribution in [-0.4, -0.2) is 18.5 Å². The van der Waals surface area contributed by atoms with Crippen LogP contribution in [0.1, 0.15) is 45.4 Å². The average molecular weight is 362 g/mol. The number of hydrogen-bond acceptors (Lipinski definition) is 1. The molecule has 0 aliphatic heterocycles. The molecule has 0 aromatic heterocycles. The van der Waals surface area contributed by atoms with Crippen LogP contribution in [0.3, 0.4) is 0 Å². The maximum atomic E-state index is 5.77. The fourth-order valence-corrected chi connectivity index (χ4v) is 1.94. The van der Waals surface area contributed by atoms with Crippen molar-refractivity contribution in [1.29, 1.82) is 0 Å². The number of rotatable bonds is 8. The summed E-state index contributed by atoms with van der Waals surface area (Å²) in [6.45, 7) is 2.93. The molecule has 5 N–H and O–H groups in total. The van der Waals surface area contributed by atoms with Crippen molar-refractivity contribution in [1.82, 2.24) is 0 Å². The number of nitrogens with zero attached hydrogens (tertiary/aromatic N) is 2. The Kier molecular flexibility index (Phi) is 16.0. The Morgan fingerprint density at radius 1 is 0.957 bits per heavy atom. The molecule has 23 heavy (non-hydrogen) atoms. The van der Waals surface area contributed by atoms with Crippen molar-refractivity contribution in [3.63, 3.8) is 0 Å². The number of unbranched alkanes of at least 4 members (excludes halogenated alkanes) is 5. The maximum Gasteiger partial charge on any atom is 0.218 e. The quantitative estimate of drug-likeness (QED) is 0.372. The molecule has 132 valence electrons. The molecule has 0 unspecified atom stereocenters. The van der Waals surface area contributed by atoms with Gasteiger partial charge in [0.1, 0.15) is 0 Å². The zero-order valence-corrected chi connectivity index (χ0v) is 15.3. The van der Waals surface area contributed by atoms with Gasteiger partial charge in [0.15, 0.2) is 0 Å². The number of para-hydroxylation sites is 1. The summed E-state index contributed by atoms with van der Waals surface area (Å²) in [5.74, 6) is 0.481. The third kappa shape index (κ3) is 12.7. The van der Waals surface area contributed by atoms with Gasteiger partial charge in [0.05, 0.1) is 0 Å². The van der Waals surface area contributed by atoms with Crippen LogP contribution in [0.5, 0.6) is 0 Å². The van der Waals surface area contributed by atoms with Crippen LogP contribution in [0.2, 0.25) is 0 Å². The summed E-state index contributed by atoms with van der Waals surface area (Å²) in [6.07, 6.45) is 7.40. The van der Waals surface area contributed by atoms with Gasteiger partial charge in [-0.3, -0.25) is 4.99 Å². The highest BCUT2D eigenvalue weighted by Gasteiger charge is 1.95. The molecule has 1 aromatic rings. The third-order valence-corrected chi connectivity index (χ3v) is 3.07. The van der Waals surface area contributed by atoms with E-state index in [1.54, 1.807) is 0 Å². The molecular formula is C16H29Cl2N5. The Labute approximate surface area is 151 Å². The molecule has 0 aliphatic carbocycles. The monoisotopic (exact) mass is 361 g/mol. The molecular weight excluding hydrogens is 333 g/mol. The molecule has 0 aliphatic rings. The van der Waals surface area contributed by atoms with E-state index in [0.717, 1.165) is 12.1 Å². The van der Waals surface area contributed by atoms with Gasteiger partial charge < -0.3 is 16.8 Å². The SMILES string of the molecule is CCCCCCCCN=C(N)/N=C(\N)Nc1ccccc1.Cl.Cl. The standard InChI is InChI=1S/C16H27N5.2ClH/c1-2-3-4-5-6-10-13-19-15(17)21-16(18)20-14-11-8-7-9-12-14;;/h7-9,11-12H,2-6,10,13H2,1H3,(H5,17,18,19,20,21);2*1H. The van der Waals surface area contributed by atoms with Crippen molar-refractivity contribution in [2.45, 2.75) is 45.4 Å². The summed E-state index contributed by atoms with van der Waals surface area (Å²) in [5, 5.41) is 2.96. The Morgan fingerprint density at radius 2 is 1.57 bits per heavy atom. The van der Waals surface area contributed by atoms with E-state index in [1.807, 2.05) is 30.3 Å². The van der Waals surface area contributed by atoms with Gasteiger partial charge in [0.25, 0.3) is 0 Å². The molecule has 0 atom stereocenters. The van der Waals surface area contributed by atoms with Gasteiger partial charge in [-0.1, -0.05) is 57.2 Å². The third-order valence-electron chi connectivity index (χ3n) is 3.07. The molecule has 0 spiro atoms. The highest BCUT2D eigenvalue weighted by molar-refractivity contribution is 6.00. The number of benzene rings is 1. The minimum atomic E-state index is 0. The van der Waals surface area contributed by atoms with E-state index in [2.05, 4.69) is 22.2 Å². The fourth-order valence-electron chi connectivity index (χ4n) is 1.94. The number of halogens is 2. The van der Waals surface area contributed by atoms with Gasteiger partial charge in [0.2, 0.25) is 11.9 Å². The smallest absolute Gasteiger partial charge is 0.218 e. The van der Waals surface area contributed by atoms with E-state index in [9.17, 15) is 0 Å². The molecule has 5 nitrogen and oxygen atoms in total. The summed E-state index contributed by atoms with van der Waals surface area (Å²) in [5.41, 5.74) is 12.4. The van der Waals surface area contributed by atoms with Gasteiger partial charge in [-0.15, -0.1) is 24.8 Å². The van der Waals surface area contributed by atoms with Crippen molar-refractivity contribution >= 4 is 42.4 Å². The van der Waals surface area contributed by atoms with Crippen LogP contribution in [0, 0.1) is 0 Å². The first-order chi connectivity index (χ1) is 10.2. The second-order valence-electron chi connectivity index (χ2n) is 5.00. The normalized spacial score (nSPS) is 11.3. The van der Waals surface area contributed by atoms with Gasteiger partial charge in [-0.2, -0.15) is 4.99 Å².